The molecule has 0 atom stereocenters. The zero-order chi connectivity index (χ0) is 9.26. The molecule has 0 saturated heterocycles. The topological polar surface area (TPSA) is 52.7 Å². The van der Waals surface area contributed by atoms with Crippen LogP contribution in [0.15, 0.2) is 0 Å². The van der Waals surface area contributed by atoms with Crippen molar-refractivity contribution in [2.45, 2.75) is 19.6 Å². The van der Waals surface area contributed by atoms with Crippen LogP contribution < -0.4 is 10.6 Å². The Morgan fingerprint density at radius 2 is 2.38 bits per heavy atom. The summed E-state index contributed by atoms with van der Waals surface area (Å²) in [5.74, 6) is 0. The summed E-state index contributed by atoms with van der Waals surface area (Å²) < 4.78 is 0.577. The molecule has 0 amide bonds. The molecule has 3 N–H and O–H groups in total. The third kappa shape index (κ3) is 1.63. The van der Waals surface area contributed by atoms with E-state index >= 15 is 0 Å². The average Bonchev–Trinajstić information content (AvgIpc) is 2.52. The molecular weight excluding hydrogens is 184 g/mol. The summed E-state index contributed by atoms with van der Waals surface area (Å²) in [6.45, 7) is 2.55. The van der Waals surface area contributed by atoms with Crippen molar-refractivity contribution in [1.82, 2.24) is 20.6 Å². The van der Waals surface area contributed by atoms with Crippen LogP contribution in [0.25, 0.3) is 0 Å². The van der Waals surface area contributed by atoms with Gasteiger partial charge in [-0.25, -0.2) is 4.98 Å². The van der Waals surface area contributed by atoms with Crippen molar-refractivity contribution in [3.63, 3.8) is 0 Å². The van der Waals surface area contributed by atoms with E-state index in [4.69, 9.17) is 12.2 Å². The summed E-state index contributed by atoms with van der Waals surface area (Å²) in [7, 11) is 1.91. The van der Waals surface area contributed by atoms with Crippen molar-refractivity contribution < 1.29 is 0 Å². The third-order valence-electron chi connectivity index (χ3n) is 2.15. The molecule has 70 valence electrons. The molecule has 1 aliphatic heterocycles. The summed E-state index contributed by atoms with van der Waals surface area (Å²) in [5, 5.41) is 6.36. The minimum absolute atomic E-state index is 0.577. The summed E-state index contributed by atoms with van der Waals surface area (Å²) in [5.41, 5.74) is 3.51. The van der Waals surface area contributed by atoms with Crippen molar-refractivity contribution in [3.8, 4) is 0 Å². The van der Waals surface area contributed by atoms with E-state index in [1.165, 1.54) is 11.3 Å². The second kappa shape index (κ2) is 3.53. The number of H-pyrrole nitrogens is 1. The molecule has 0 aliphatic carbocycles. The van der Waals surface area contributed by atoms with Gasteiger partial charge in [0.15, 0.2) is 4.77 Å². The zero-order valence-electron chi connectivity index (χ0n) is 7.48. The van der Waals surface area contributed by atoms with Gasteiger partial charge in [0.2, 0.25) is 0 Å². The Hall–Kier alpha value is -0.780. The maximum absolute atomic E-state index is 5.03. The number of nitrogens with zero attached hydrogens (tertiary/aromatic N) is 1. The molecular formula is C8H12N4S. The molecule has 0 spiro atoms. The van der Waals surface area contributed by atoms with Gasteiger partial charge in [0.1, 0.15) is 0 Å². The van der Waals surface area contributed by atoms with Crippen LogP contribution in [0.5, 0.6) is 0 Å². The molecule has 0 saturated carbocycles. The summed E-state index contributed by atoms with van der Waals surface area (Å²) in [4.78, 5) is 7.39. The number of hydrogen-bond acceptors (Lipinski definition) is 4. The smallest absolute Gasteiger partial charge is 0.197 e. The van der Waals surface area contributed by atoms with E-state index in [9.17, 15) is 0 Å². The second-order valence-electron chi connectivity index (χ2n) is 3.08. The largest absolute Gasteiger partial charge is 0.333 e. The molecule has 4 nitrogen and oxygen atoms in total. The number of aromatic amines is 1. The van der Waals surface area contributed by atoms with Crippen molar-refractivity contribution in [1.29, 1.82) is 0 Å². The number of nitrogens with one attached hydrogen (secondary N) is 3. The predicted octanol–water partition coefficient (Wildman–Crippen LogP) is 0.462. The predicted molar refractivity (Wildman–Crippen MR) is 52.7 cm³/mol. The summed E-state index contributed by atoms with van der Waals surface area (Å²) in [6, 6.07) is 0. The molecule has 2 rings (SSSR count). The Kier molecular flexibility index (Phi) is 2.39. The molecule has 0 fully saturated rings. The first-order valence-electron chi connectivity index (χ1n) is 4.27. The Morgan fingerprint density at radius 3 is 3.15 bits per heavy atom. The molecule has 5 heteroatoms. The molecule has 1 aromatic rings. The van der Waals surface area contributed by atoms with Crippen LogP contribution in [0, 0.1) is 4.77 Å². The molecule has 2 heterocycles. The van der Waals surface area contributed by atoms with Gasteiger partial charge >= 0.3 is 0 Å². The first kappa shape index (κ1) is 8.80. The van der Waals surface area contributed by atoms with Gasteiger partial charge in [-0.15, -0.1) is 0 Å². The SMILES string of the molecule is CNCc1nc(=S)[nH]c2c1CNC2. The van der Waals surface area contributed by atoms with E-state index in [-0.39, 0.29) is 0 Å². The molecule has 0 aromatic carbocycles. The lowest BCUT2D eigenvalue weighted by Crippen LogP contribution is -2.11. The second-order valence-corrected chi connectivity index (χ2v) is 3.47. The lowest BCUT2D eigenvalue weighted by Gasteiger charge is -2.05. The van der Waals surface area contributed by atoms with E-state index < -0.39 is 0 Å². The van der Waals surface area contributed by atoms with Crippen LogP contribution in [-0.4, -0.2) is 17.0 Å². The fraction of sp³-hybridized carbons (Fsp3) is 0.500. The number of rotatable bonds is 2. The standard InChI is InChI=1S/C8H12N4S/c1-9-3-6-5-2-10-4-7(5)12-8(13)11-6/h9-10H,2-4H2,1H3,(H,11,12,13). The fourth-order valence-electron chi connectivity index (χ4n) is 1.58. The van der Waals surface area contributed by atoms with Crippen molar-refractivity contribution in [2.24, 2.45) is 0 Å². The summed E-state index contributed by atoms with van der Waals surface area (Å²) >= 11 is 5.03. The maximum Gasteiger partial charge on any atom is 0.197 e. The highest BCUT2D eigenvalue weighted by molar-refractivity contribution is 7.71. The number of hydrogen-bond donors (Lipinski definition) is 3. The van der Waals surface area contributed by atoms with Gasteiger partial charge in [-0.2, -0.15) is 0 Å². The molecule has 0 bridgehead atoms. The normalized spacial score (nSPS) is 14.5. The fourth-order valence-corrected chi connectivity index (χ4v) is 1.82. The zero-order valence-corrected chi connectivity index (χ0v) is 8.29. The van der Waals surface area contributed by atoms with Crippen LogP contribution >= 0.6 is 12.2 Å². The van der Waals surface area contributed by atoms with Gasteiger partial charge in [-0.1, -0.05) is 0 Å². The van der Waals surface area contributed by atoms with Crippen LogP contribution in [0.2, 0.25) is 0 Å². The van der Waals surface area contributed by atoms with Crippen LogP contribution in [0.1, 0.15) is 17.0 Å². The van der Waals surface area contributed by atoms with Gasteiger partial charge in [0, 0.05) is 30.9 Å². The molecule has 13 heavy (non-hydrogen) atoms. The van der Waals surface area contributed by atoms with E-state index in [0.717, 1.165) is 25.3 Å². The van der Waals surface area contributed by atoms with Crippen molar-refractivity contribution in [2.75, 3.05) is 7.05 Å². The van der Waals surface area contributed by atoms with E-state index in [1.54, 1.807) is 0 Å². The number of aromatic nitrogens is 2. The quantitative estimate of drug-likeness (QED) is 0.602. The molecule has 0 radical (unpaired) electrons. The minimum atomic E-state index is 0.577. The average molecular weight is 196 g/mol. The third-order valence-corrected chi connectivity index (χ3v) is 2.35. The van der Waals surface area contributed by atoms with Crippen molar-refractivity contribution in [3.05, 3.63) is 21.7 Å². The maximum atomic E-state index is 5.03. The van der Waals surface area contributed by atoms with E-state index in [0.29, 0.717) is 4.77 Å². The van der Waals surface area contributed by atoms with Crippen LogP contribution in [0.4, 0.5) is 0 Å². The van der Waals surface area contributed by atoms with E-state index in [2.05, 4.69) is 20.6 Å². The molecule has 1 aliphatic rings. The highest BCUT2D eigenvalue weighted by atomic mass is 32.1. The van der Waals surface area contributed by atoms with Crippen LogP contribution in [-0.2, 0) is 19.6 Å². The Labute approximate surface area is 81.8 Å². The molecule has 0 unspecified atom stereocenters. The Balaban J connectivity index is 2.49. The Bertz CT molecular complexity index is 371. The first-order valence-corrected chi connectivity index (χ1v) is 4.68. The highest BCUT2D eigenvalue weighted by Gasteiger charge is 2.15. The van der Waals surface area contributed by atoms with Gasteiger partial charge in [-0.05, 0) is 19.3 Å². The van der Waals surface area contributed by atoms with Gasteiger partial charge in [0.25, 0.3) is 0 Å². The van der Waals surface area contributed by atoms with Gasteiger partial charge < -0.3 is 15.6 Å². The lowest BCUT2D eigenvalue weighted by molar-refractivity contribution is 0.743. The monoisotopic (exact) mass is 196 g/mol. The van der Waals surface area contributed by atoms with Gasteiger partial charge in [-0.3, -0.25) is 0 Å². The first-order chi connectivity index (χ1) is 6.31. The highest BCUT2D eigenvalue weighted by Crippen LogP contribution is 2.15. The summed E-state index contributed by atoms with van der Waals surface area (Å²) in [6.07, 6.45) is 0. The Morgan fingerprint density at radius 1 is 1.54 bits per heavy atom. The van der Waals surface area contributed by atoms with Crippen molar-refractivity contribution >= 4 is 12.2 Å². The molecule has 1 aromatic heterocycles. The van der Waals surface area contributed by atoms with Crippen LogP contribution in [0.3, 0.4) is 0 Å². The van der Waals surface area contributed by atoms with Gasteiger partial charge in [0.05, 0.1) is 5.69 Å². The lowest BCUT2D eigenvalue weighted by atomic mass is 10.2. The minimum Gasteiger partial charge on any atom is -0.333 e. The number of fused-ring (bicyclic) bond motifs is 1. The van der Waals surface area contributed by atoms with E-state index in [1.807, 2.05) is 7.05 Å².